The molecule has 0 heterocycles. The van der Waals surface area contributed by atoms with Crippen LogP contribution in [0.1, 0.15) is 17.9 Å². The van der Waals surface area contributed by atoms with Gasteiger partial charge in [0.05, 0.1) is 12.3 Å². The lowest BCUT2D eigenvalue weighted by Gasteiger charge is -2.16. The van der Waals surface area contributed by atoms with Crippen molar-refractivity contribution in [2.75, 3.05) is 19.0 Å². The predicted molar refractivity (Wildman–Crippen MR) is 63.4 cm³/mol. The summed E-state index contributed by atoms with van der Waals surface area (Å²) in [4.78, 5) is 23.5. The molecule has 0 saturated heterocycles. The normalized spacial score (nSPS) is 11.9. The standard InChI is InChI=1S/C12H15NO4/c1-13(2)9-5-3-4-8(6-9)10(12(16)17)7-11(14)15/h3-6,10H,7H2,1-2H3,(H,14,15)(H,16,17). The van der Waals surface area contributed by atoms with Gasteiger partial charge in [0.15, 0.2) is 0 Å². The Labute approximate surface area is 99.3 Å². The molecule has 1 unspecified atom stereocenters. The van der Waals surface area contributed by atoms with Crippen molar-refractivity contribution < 1.29 is 19.8 Å². The molecule has 0 bridgehead atoms. The lowest BCUT2D eigenvalue weighted by Crippen LogP contribution is -2.16. The van der Waals surface area contributed by atoms with Gasteiger partial charge in [-0.15, -0.1) is 0 Å². The molecule has 0 fully saturated rings. The first-order valence-corrected chi connectivity index (χ1v) is 5.13. The number of benzene rings is 1. The molecule has 1 aromatic carbocycles. The topological polar surface area (TPSA) is 77.8 Å². The number of anilines is 1. The molecule has 1 aromatic rings. The van der Waals surface area contributed by atoms with Crippen LogP contribution in [0.25, 0.3) is 0 Å². The summed E-state index contributed by atoms with van der Waals surface area (Å²) in [5.74, 6) is -3.25. The Bertz CT molecular complexity index is 428. The highest BCUT2D eigenvalue weighted by atomic mass is 16.4. The van der Waals surface area contributed by atoms with Gasteiger partial charge in [0, 0.05) is 19.8 Å². The lowest BCUT2D eigenvalue weighted by molar-refractivity contribution is -0.145. The predicted octanol–water partition coefficient (Wildman–Crippen LogP) is 1.40. The van der Waals surface area contributed by atoms with Crippen LogP contribution in [-0.2, 0) is 9.59 Å². The number of carbonyl (C=O) groups is 2. The molecule has 0 amide bonds. The Morgan fingerprint density at radius 1 is 1.29 bits per heavy atom. The van der Waals surface area contributed by atoms with Crippen molar-refractivity contribution in [1.29, 1.82) is 0 Å². The molecule has 1 rings (SSSR count). The first kappa shape index (κ1) is 13.0. The fraction of sp³-hybridized carbons (Fsp3) is 0.333. The Balaban J connectivity index is 3.05. The average Bonchev–Trinajstić information content (AvgIpc) is 2.25. The zero-order valence-electron chi connectivity index (χ0n) is 9.75. The number of hydrogen-bond acceptors (Lipinski definition) is 3. The maximum atomic E-state index is 11.0. The number of carboxylic acid groups (broad SMARTS) is 2. The minimum absolute atomic E-state index is 0.411. The number of hydrogen-bond donors (Lipinski definition) is 2. The molecule has 2 N–H and O–H groups in total. The van der Waals surface area contributed by atoms with Crippen molar-refractivity contribution in [2.24, 2.45) is 0 Å². The van der Waals surface area contributed by atoms with E-state index in [9.17, 15) is 9.59 Å². The van der Waals surface area contributed by atoms with E-state index in [1.165, 1.54) is 0 Å². The third-order valence-electron chi connectivity index (χ3n) is 2.47. The van der Waals surface area contributed by atoms with E-state index in [-0.39, 0.29) is 0 Å². The number of rotatable bonds is 5. The number of carboxylic acids is 2. The molecule has 0 saturated carbocycles. The summed E-state index contributed by atoms with van der Waals surface area (Å²) in [6, 6.07) is 6.89. The molecule has 0 aliphatic heterocycles. The highest BCUT2D eigenvalue weighted by Crippen LogP contribution is 2.24. The van der Waals surface area contributed by atoms with Crippen LogP contribution in [0.15, 0.2) is 24.3 Å². The van der Waals surface area contributed by atoms with Crippen molar-refractivity contribution in [2.45, 2.75) is 12.3 Å². The zero-order chi connectivity index (χ0) is 13.0. The Morgan fingerprint density at radius 2 is 1.94 bits per heavy atom. The second kappa shape index (κ2) is 5.34. The van der Waals surface area contributed by atoms with E-state index in [0.717, 1.165) is 5.69 Å². The van der Waals surface area contributed by atoms with Crippen LogP contribution in [0, 0.1) is 0 Å². The fourth-order valence-corrected chi connectivity index (χ4v) is 1.54. The van der Waals surface area contributed by atoms with Crippen LogP contribution in [0.2, 0.25) is 0 Å². The van der Waals surface area contributed by atoms with Crippen molar-refractivity contribution in [1.82, 2.24) is 0 Å². The second-order valence-electron chi connectivity index (χ2n) is 3.98. The van der Waals surface area contributed by atoms with Gasteiger partial charge in [-0.25, -0.2) is 0 Å². The first-order valence-electron chi connectivity index (χ1n) is 5.13. The monoisotopic (exact) mass is 237 g/mol. The molecule has 0 aliphatic rings. The smallest absolute Gasteiger partial charge is 0.311 e. The van der Waals surface area contributed by atoms with Gasteiger partial charge in [-0.3, -0.25) is 9.59 Å². The summed E-state index contributed by atoms with van der Waals surface area (Å²) in [5, 5.41) is 17.7. The summed E-state index contributed by atoms with van der Waals surface area (Å²) >= 11 is 0. The molecule has 0 aromatic heterocycles. The SMILES string of the molecule is CN(C)c1cccc(C(CC(=O)O)C(=O)O)c1. The van der Waals surface area contributed by atoms with E-state index < -0.39 is 24.3 Å². The van der Waals surface area contributed by atoms with Crippen LogP contribution < -0.4 is 4.90 Å². The minimum atomic E-state index is -1.12. The fourth-order valence-electron chi connectivity index (χ4n) is 1.54. The van der Waals surface area contributed by atoms with E-state index >= 15 is 0 Å². The quantitative estimate of drug-likeness (QED) is 0.809. The van der Waals surface area contributed by atoms with E-state index in [1.807, 2.05) is 25.1 Å². The maximum absolute atomic E-state index is 11.0. The molecular formula is C12H15NO4. The van der Waals surface area contributed by atoms with Crippen molar-refractivity contribution in [3.63, 3.8) is 0 Å². The van der Waals surface area contributed by atoms with Gasteiger partial charge < -0.3 is 15.1 Å². The first-order chi connectivity index (χ1) is 7.91. The van der Waals surface area contributed by atoms with Crippen molar-refractivity contribution in [3.8, 4) is 0 Å². The average molecular weight is 237 g/mol. The van der Waals surface area contributed by atoms with E-state index in [4.69, 9.17) is 10.2 Å². The van der Waals surface area contributed by atoms with Crippen LogP contribution >= 0.6 is 0 Å². The minimum Gasteiger partial charge on any atom is -0.481 e. The molecule has 92 valence electrons. The summed E-state index contributed by atoms with van der Waals surface area (Å²) in [6.07, 6.45) is -0.411. The number of nitrogens with zero attached hydrogens (tertiary/aromatic N) is 1. The van der Waals surface area contributed by atoms with E-state index in [1.54, 1.807) is 18.2 Å². The molecule has 0 radical (unpaired) electrons. The maximum Gasteiger partial charge on any atom is 0.311 e. The molecule has 5 heteroatoms. The number of aliphatic carboxylic acids is 2. The third-order valence-corrected chi connectivity index (χ3v) is 2.47. The van der Waals surface area contributed by atoms with Gasteiger partial charge >= 0.3 is 11.9 Å². The van der Waals surface area contributed by atoms with E-state index in [2.05, 4.69) is 0 Å². The van der Waals surface area contributed by atoms with Crippen LogP contribution in [-0.4, -0.2) is 36.2 Å². The molecule has 0 spiro atoms. The zero-order valence-corrected chi connectivity index (χ0v) is 9.75. The molecule has 17 heavy (non-hydrogen) atoms. The van der Waals surface area contributed by atoms with Crippen LogP contribution in [0.5, 0.6) is 0 Å². The van der Waals surface area contributed by atoms with Gasteiger partial charge in [-0.2, -0.15) is 0 Å². The summed E-state index contributed by atoms with van der Waals surface area (Å²) in [5.41, 5.74) is 1.35. The highest BCUT2D eigenvalue weighted by molar-refractivity contribution is 5.82. The van der Waals surface area contributed by atoms with Crippen LogP contribution in [0.3, 0.4) is 0 Å². The second-order valence-corrected chi connectivity index (χ2v) is 3.98. The van der Waals surface area contributed by atoms with Gasteiger partial charge in [0.25, 0.3) is 0 Å². The van der Waals surface area contributed by atoms with Gasteiger partial charge in [0.1, 0.15) is 0 Å². The summed E-state index contributed by atoms with van der Waals surface area (Å²) in [6.45, 7) is 0. The van der Waals surface area contributed by atoms with Crippen molar-refractivity contribution >= 4 is 17.6 Å². The lowest BCUT2D eigenvalue weighted by atomic mass is 9.95. The Morgan fingerprint density at radius 3 is 2.41 bits per heavy atom. The van der Waals surface area contributed by atoms with Crippen LogP contribution in [0.4, 0.5) is 5.69 Å². The summed E-state index contributed by atoms with van der Waals surface area (Å²) in [7, 11) is 3.68. The Hall–Kier alpha value is -2.04. The molecule has 1 atom stereocenters. The van der Waals surface area contributed by atoms with E-state index in [0.29, 0.717) is 5.56 Å². The largest absolute Gasteiger partial charge is 0.481 e. The van der Waals surface area contributed by atoms with Gasteiger partial charge in [-0.1, -0.05) is 12.1 Å². The van der Waals surface area contributed by atoms with Gasteiger partial charge in [0.2, 0.25) is 0 Å². The summed E-state index contributed by atoms with van der Waals surface area (Å²) < 4.78 is 0. The van der Waals surface area contributed by atoms with Gasteiger partial charge in [-0.05, 0) is 17.7 Å². The van der Waals surface area contributed by atoms with Crippen molar-refractivity contribution in [3.05, 3.63) is 29.8 Å². The molecule has 0 aliphatic carbocycles. The highest BCUT2D eigenvalue weighted by Gasteiger charge is 2.23. The molecular weight excluding hydrogens is 222 g/mol. The Kier molecular flexibility index (Phi) is 4.09. The third kappa shape index (κ3) is 3.48. The molecule has 5 nitrogen and oxygen atoms in total.